The van der Waals surface area contributed by atoms with Gasteiger partial charge in [-0.1, -0.05) is 50.1 Å². The minimum absolute atomic E-state index is 0.106. The smallest absolute Gasteiger partial charge is 0.315 e. The van der Waals surface area contributed by atoms with Gasteiger partial charge < -0.3 is 16.0 Å². The van der Waals surface area contributed by atoms with Crippen LogP contribution in [0.4, 0.5) is 4.79 Å². The maximum absolute atomic E-state index is 12.0. The van der Waals surface area contributed by atoms with E-state index in [0.717, 1.165) is 50.6 Å². The fraction of sp³-hybridized carbons (Fsp3) is 0.636. The molecule has 3 N–H and O–H groups in total. The molecule has 0 radical (unpaired) electrons. The molecule has 1 atom stereocenters. The van der Waals surface area contributed by atoms with Crippen LogP contribution in [-0.4, -0.2) is 25.0 Å². The molecule has 6 heteroatoms. The Bertz CT molecular complexity index is 630. The summed E-state index contributed by atoms with van der Waals surface area (Å²) in [6.07, 6.45) is 6.39. The van der Waals surface area contributed by atoms with E-state index in [2.05, 4.69) is 22.9 Å². The topological polar surface area (TPSA) is 70.2 Å². The monoisotopic (exact) mass is 407 g/mol. The lowest BCUT2D eigenvalue weighted by molar-refractivity contribution is -0.124. The van der Waals surface area contributed by atoms with Crippen LogP contribution in [0, 0.1) is 17.8 Å². The highest BCUT2D eigenvalue weighted by Gasteiger charge is 2.22. The molecule has 1 aromatic carbocycles. The maximum Gasteiger partial charge on any atom is 0.315 e. The SMILES string of the molecule is CCCC(C)C(=O)NCC1CCC(CNC(=O)NCc2ccccc2Cl)CC1. The molecule has 1 fully saturated rings. The van der Waals surface area contributed by atoms with Crippen LogP contribution in [0.1, 0.15) is 57.9 Å². The molecule has 1 aliphatic rings. The van der Waals surface area contributed by atoms with E-state index in [1.807, 2.05) is 31.2 Å². The molecule has 156 valence electrons. The van der Waals surface area contributed by atoms with Gasteiger partial charge >= 0.3 is 6.03 Å². The Morgan fingerprint density at radius 1 is 1.04 bits per heavy atom. The molecule has 0 heterocycles. The summed E-state index contributed by atoms with van der Waals surface area (Å²) < 4.78 is 0. The van der Waals surface area contributed by atoms with Crippen LogP contribution in [0.25, 0.3) is 0 Å². The van der Waals surface area contributed by atoms with Crippen molar-refractivity contribution in [2.75, 3.05) is 13.1 Å². The summed E-state index contributed by atoms with van der Waals surface area (Å²) in [4.78, 5) is 24.0. The van der Waals surface area contributed by atoms with Crippen LogP contribution >= 0.6 is 11.6 Å². The van der Waals surface area contributed by atoms with E-state index in [1.54, 1.807) is 0 Å². The molecule has 1 aliphatic carbocycles. The van der Waals surface area contributed by atoms with Gasteiger partial charge in [-0.2, -0.15) is 0 Å². The van der Waals surface area contributed by atoms with Gasteiger partial charge in [0.15, 0.2) is 0 Å². The number of hydrogen-bond acceptors (Lipinski definition) is 2. The number of amides is 3. The van der Waals surface area contributed by atoms with E-state index >= 15 is 0 Å². The van der Waals surface area contributed by atoms with Crippen molar-refractivity contribution in [1.82, 2.24) is 16.0 Å². The Morgan fingerprint density at radius 3 is 2.25 bits per heavy atom. The third kappa shape index (κ3) is 7.70. The van der Waals surface area contributed by atoms with Gasteiger partial charge in [-0.3, -0.25) is 4.79 Å². The second-order valence-corrected chi connectivity index (χ2v) is 8.38. The van der Waals surface area contributed by atoms with E-state index in [1.165, 1.54) is 0 Å². The lowest BCUT2D eigenvalue weighted by Crippen LogP contribution is -2.39. The minimum Gasteiger partial charge on any atom is -0.356 e. The van der Waals surface area contributed by atoms with Crippen molar-refractivity contribution in [3.63, 3.8) is 0 Å². The molecule has 1 unspecified atom stereocenters. The summed E-state index contributed by atoms with van der Waals surface area (Å²) in [6.45, 7) is 6.01. The summed E-state index contributed by atoms with van der Waals surface area (Å²) in [5, 5.41) is 9.61. The van der Waals surface area contributed by atoms with Gasteiger partial charge in [0.05, 0.1) is 0 Å². The average molecular weight is 408 g/mol. The first-order chi connectivity index (χ1) is 13.5. The van der Waals surface area contributed by atoms with E-state index in [4.69, 9.17) is 11.6 Å². The maximum atomic E-state index is 12.0. The van der Waals surface area contributed by atoms with Crippen molar-refractivity contribution < 1.29 is 9.59 Å². The van der Waals surface area contributed by atoms with E-state index < -0.39 is 0 Å². The standard InChI is InChI=1S/C22H34ClN3O2/c1-3-6-16(2)21(27)24-13-17-9-11-18(12-10-17)14-25-22(28)26-15-19-7-4-5-8-20(19)23/h4-5,7-8,16-18H,3,6,9-15H2,1-2H3,(H,24,27)(H2,25,26,28). The number of nitrogens with one attached hydrogen (secondary N) is 3. The normalized spacial score (nSPS) is 20.2. The second-order valence-electron chi connectivity index (χ2n) is 7.98. The zero-order valence-electron chi connectivity index (χ0n) is 17.1. The number of halogens is 1. The third-order valence-corrected chi connectivity index (χ3v) is 6.02. The van der Waals surface area contributed by atoms with Crippen LogP contribution in [-0.2, 0) is 11.3 Å². The van der Waals surface area contributed by atoms with E-state index in [9.17, 15) is 9.59 Å². The molecule has 28 heavy (non-hydrogen) atoms. The van der Waals surface area contributed by atoms with Crippen molar-refractivity contribution in [2.45, 2.75) is 58.9 Å². The molecule has 3 amide bonds. The number of urea groups is 1. The summed E-state index contributed by atoms with van der Waals surface area (Å²) in [7, 11) is 0. The van der Waals surface area contributed by atoms with Gasteiger partial charge in [0.1, 0.15) is 0 Å². The first-order valence-corrected chi connectivity index (χ1v) is 10.9. The van der Waals surface area contributed by atoms with Gasteiger partial charge in [-0.15, -0.1) is 0 Å². The van der Waals surface area contributed by atoms with E-state index in [0.29, 0.717) is 29.9 Å². The highest BCUT2D eigenvalue weighted by molar-refractivity contribution is 6.31. The first-order valence-electron chi connectivity index (χ1n) is 10.5. The summed E-state index contributed by atoms with van der Waals surface area (Å²) >= 11 is 6.10. The van der Waals surface area contributed by atoms with Crippen molar-refractivity contribution in [1.29, 1.82) is 0 Å². The molecule has 2 rings (SSSR count). The Hall–Kier alpha value is -1.75. The quantitative estimate of drug-likeness (QED) is 0.564. The molecule has 0 bridgehead atoms. The highest BCUT2D eigenvalue weighted by Crippen LogP contribution is 2.28. The number of carbonyl (C=O) groups is 2. The lowest BCUT2D eigenvalue weighted by Gasteiger charge is -2.29. The van der Waals surface area contributed by atoms with Gasteiger partial charge in [0.25, 0.3) is 0 Å². The zero-order chi connectivity index (χ0) is 20.4. The number of benzene rings is 1. The largest absolute Gasteiger partial charge is 0.356 e. The summed E-state index contributed by atoms with van der Waals surface area (Å²) in [5.74, 6) is 1.36. The molecule has 0 spiro atoms. The summed E-state index contributed by atoms with van der Waals surface area (Å²) in [5.41, 5.74) is 0.912. The van der Waals surface area contributed by atoms with Crippen LogP contribution in [0.15, 0.2) is 24.3 Å². The minimum atomic E-state index is -0.154. The van der Waals surface area contributed by atoms with Gasteiger partial charge in [-0.05, 0) is 55.6 Å². The predicted octanol–water partition coefficient (Wildman–Crippen LogP) is 4.50. The van der Waals surface area contributed by atoms with Gasteiger partial charge in [0, 0.05) is 30.6 Å². The van der Waals surface area contributed by atoms with Gasteiger partial charge in [0.2, 0.25) is 5.91 Å². The molecular weight excluding hydrogens is 374 g/mol. The van der Waals surface area contributed by atoms with Crippen molar-refractivity contribution in [2.24, 2.45) is 17.8 Å². The fourth-order valence-corrected chi connectivity index (χ4v) is 3.94. The van der Waals surface area contributed by atoms with Crippen molar-refractivity contribution >= 4 is 23.5 Å². The number of rotatable bonds is 9. The van der Waals surface area contributed by atoms with Gasteiger partial charge in [-0.25, -0.2) is 4.79 Å². The Kier molecular flexibility index (Phi) is 9.62. The van der Waals surface area contributed by atoms with Crippen molar-refractivity contribution in [3.05, 3.63) is 34.9 Å². The third-order valence-electron chi connectivity index (χ3n) is 5.65. The molecular formula is C22H34ClN3O2. The zero-order valence-corrected chi connectivity index (χ0v) is 17.9. The van der Waals surface area contributed by atoms with Crippen LogP contribution in [0.2, 0.25) is 5.02 Å². The first kappa shape index (κ1) is 22.5. The van der Waals surface area contributed by atoms with Crippen LogP contribution in [0.5, 0.6) is 0 Å². The Balaban J connectivity index is 1.59. The average Bonchev–Trinajstić information content (AvgIpc) is 2.70. The van der Waals surface area contributed by atoms with Crippen LogP contribution in [0.3, 0.4) is 0 Å². The highest BCUT2D eigenvalue weighted by atomic mass is 35.5. The fourth-order valence-electron chi connectivity index (χ4n) is 3.74. The van der Waals surface area contributed by atoms with E-state index in [-0.39, 0.29) is 17.9 Å². The Labute approximate surface area is 174 Å². The molecule has 5 nitrogen and oxygen atoms in total. The van der Waals surface area contributed by atoms with Crippen molar-refractivity contribution in [3.8, 4) is 0 Å². The lowest BCUT2D eigenvalue weighted by atomic mass is 9.82. The molecule has 0 aromatic heterocycles. The molecule has 0 aliphatic heterocycles. The number of carbonyl (C=O) groups excluding carboxylic acids is 2. The molecule has 1 aromatic rings. The predicted molar refractivity (Wildman–Crippen MR) is 114 cm³/mol. The molecule has 1 saturated carbocycles. The number of hydrogen-bond donors (Lipinski definition) is 3. The van der Waals surface area contributed by atoms with Crippen LogP contribution < -0.4 is 16.0 Å². The molecule has 0 saturated heterocycles. The summed E-state index contributed by atoms with van der Waals surface area (Å²) in [6, 6.07) is 7.36. The second kappa shape index (κ2) is 11.9. The Morgan fingerprint density at radius 2 is 1.64 bits per heavy atom.